The molecule has 3 rings (SSSR count). The molecule has 0 aliphatic carbocycles. The molecule has 2 amide bonds. The Balaban J connectivity index is 0.00000196. The van der Waals surface area contributed by atoms with Crippen LogP contribution in [0.3, 0.4) is 0 Å². The number of hydrogen-bond donors (Lipinski definition) is 1. The molecular weight excluding hydrogens is 406 g/mol. The Hall–Kier alpha value is -0.550. The van der Waals surface area contributed by atoms with E-state index in [0.717, 1.165) is 0 Å². The van der Waals surface area contributed by atoms with Crippen molar-refractivity contribution >= 4 is 35.5 Å². The van der Waals surface area contributed by atoms with Crippen LogP contribution in [0.25, 0.3) is 0 Å². The molecule has 2 heterocycles. The summed E-state index contributed by atoms with van der Waals surface area (Å²) in [6, 6.07) is 5.73. The van der Waals surface area contributed by atoms with Gasteiger partial charge in [0.05, 0.1) is 18.0 Å². The van der Waals surface area contributed by atoms with Crippen LogP contribution in [-0.2, 0) is 19.2 Å². The SMILES string of the molecule is CC1(C)SC2C(NC(=O)C(C(=O)[O-])c3ccccc3)C(=O)N2C1C(=O)[O-].[Na+].[Na+]. The van der Waals surface area contributed by atoms with Crippen molar-refractivity contribution in [1.29, 1.82) is 0 Å². The summed E-state index contributed by atoms with van der Waals surface area (Å²) in [6.07, 6.45) is 0. The first-order valence-electron chi connectivity index (χ1n) is 7.92. The number of benzene rings is 1. The van der Waals surface area contributed by atoms with Crippen LogP contribution in [0.15, 0.2) is 30.3 Å². The predicted octanol–water partition coefficient (Wildman–Crippen LogP) is -8.17. The first-order chi connectivity index (χ1) is 12.1. The Kier molecular flexibility index (Phi) is 8.65. The maximum absolute atomic E-state index is 12.5. The molecule has 11 heteroatoms. The number of rotatable bonds is 5. The molecule has 0 aromatic heterocycles. The quantitative estimate of drug-likeness (QED) is 0.283. The number of carbonyl (C=O) groups is 4. The average Bonchev–Trinajstić information content (AvgIpc) is 2.82. The molecule has 28 heavy (non-hydrogen) atoms. The van der Waals surface area contributed by atoms with Gasteiger partial charge < -0.3 is 30.0 Å². The van der Waals surface area contributed by atoms with E-state index in [1.807, 2.05) is 0 Å². The van der Waals surface area contributed by atoms with Crippen molar-refractivity contribution in [3.05, 3.63) is 35.9 Å². The van der Waals surface area contributed by atoms with Crippen molar-refractivity contribution in [2.75, 3.05) is 0 Å². The third-order valence-electron chi connectivity index (χ3n) is 4.59. The topological polar surface area (TPSA) is 130 Å². The molecule has 1 aromatic rings. The van der Waals surface area contributed by atoms with Gasteiger partial charge in [-0.2, -0.15) is 0 Å². The largest absolute Gasteiger partial charge is 1.00 e. The predicted molar refractivity (Wildman–Crippen MR) is 87.2 cm³/mol. The number of nitrogens with zero attached hydrogens (tertiary/aromatic N) is 1. The number of carboxylic acids is 2. The average molecular weight is 422 g/mol. The van der Waals surface area contributed by atoms with Crippen LogP contribution in [0.4, 0.5) is 0 Å². The van der Waals surface area contributed by atoms with Crippen molar-refractivity contribution in [3.63, 3.8) is 0 Å². The number of carboxylic acid groups (broad SMARTS) is 2. The van der Waals surface area contributed by atoms with Gasteiger partial charge in [-0.3, -0.25) is 9.59 Å². The van der Waals surface area contributed by atoms with E-state index in [1.165, 1.54) is 28.8 Å². The molecule has 2 fully saturated rings. The minimum atomic E-state index is -1.58. The molecule has 2 aliphatic heterocycles. The summed E-state index contributed by atoms with van der Waals surface area (Å²) in [5.74, 6) is -5.94. The summed E-state index contributed by atoms with van der Waals surface area (Å²) in [6.45, 7) is 3.35. The van der Waals surface area contributed by atoms with Crippen LogP contribution in [-0.4, -0.2) is 50.9 Å². The molecule has 4 unspecified atom stereocenters. The van der Waals surface area contributed by atoms with Crippen LogP contribution in [0, 0.1) is 0 Å². The van der Waals surface area contributed by atoms with E-state index < -0.39 is 51.9 Å². The van der Waals surface area contributed by atoms with Crippen LogP contribution in [0.1, 0.15) is 25.3 Å². The molecule has 2 aliphatic rings. The zero-order valence-corrected chi connectivity index (χ0v) is 20.8. The van der Waals surface area contributed by atoms with E-state index in [0.29, 0.717) is 0 Å². The minimum Gasteiger partial charge on any atom is -0.549 e. The first kappa shape index (κ1) is 25.5. The molecule has 0 bridgehead atoms. The van der Waals surface area contributed by atoms with Crippen molar-refractivity contribution < 1.29 is 88.5 Å². The van der Waals surface area contributed by atoms with Gasteiger partial charge in [-0.1, -0.05) is 30.3 Å². The van der Waals surface area contributed by atoms with E-state index in [-0.39, 0.29) is 64.7 Å². The second-order valence-electron chi connectivity index (χ2n) is 6.73. The molecule has 4 atom stereocenters. The van der Waals surface area contributed by atoms with E-state index in [9.17, 15) is 29.4 Å². The summed E-state index contributed by atoms with van der Waals surface area (Å²) >= 11 is 1.23. The standard InChI is InChI=1S/C17H18N2O6S.2Na/c1-17(2)11(16(24)25)19-13(21)10(14(19)26-17)18-12(20)9(15(22)23)8-6-4-3-5-7-8;;/h3-7,9-11,14H,1-2H3,(H,18,20)(H,22,23)(H,24,25);;/q;2*+1/p-2. The number of amides is 2. The minimum absolute atomic E-state index is 0. The smallest absolute Gasteiger partial charge is 0.549 e. The zero-order chi connectivity index (χ0) is 19.2. The molecule has 0 saturated carbocycles. The number of thioether (sulfide) groups is 1. The third kappa shape index (κ3) is 4.45. The molecule has 0 radical (unpaired) electrons. The van der Waals surface area contributed by atoms with Gasteiger partial charge in [0.1, 0.15) is 17.3 Å². The number of fused-ring (bicyclic) bond motifs is 1. The van der Waals surface area contributed by atoms with Crippen LogP contribution in [0.2, 0.25) is 0 Å². The molecule has 2 saturated heterocycles. The van der Waals surface area contributed by atoms with Gasteiger partial charge in [0.25, 0.3) is 0 Å². The monoisotopic (exact) mass is 422 g/mol. The second-order valence-corrected chi connectivity index (χ2v) is 8.50. The fourth-order valence-corrected chi connectivity index (χ4v) is 5.02. The van der Waals surface area contributed by atoms with Crippen LogP contribution < -0.4 is 74.6 Å². The third-order valence-corrected chi connectivity index (χ3v) is 6.16. The molecule has 138 valence electrons. The zero-order valence-electron chi connectivity index (χ0n) is 16.0. The van der Waals surface area contributed by atoms with Gasteiger partial charge in [0.15, 0.2) is 0 Å². The Morgan fingerprint density at radius 1 is 1.14 bits per heavy atom. The van der Waals surface area contributed by atoms with Crippen molar-refractivity contribution in [2.45, 2.75) is 42.0 Å². The van der Waals surface area contributed by atoms with E-state index in [2.05, 4.69) is 5.32 Å². The van der Waals surface area contributed by atoms with Gasteiger partial charge in [0.2, 0.25) is 11.8 Å². The number of nitrogens with one attached hydrogen (secondary N) is 1. The molecule has 0 spiro atoms. The van der Waals surface area contributed by atoms with Crippen molar-refractivity contribution in [1.82, 2.24) is 10.2 Å². The Labute approximate surface area is 210 Å². The first-order valence-corrected chi connectivity index (χ1v) is 8.80. The maximum Gasteiger partial charge on any atom is 1.00 e. The van der Waals surface area contributed by atoms with Gasteiger partial charge in [-0.05, 0) is 19.4 Å². The number of β-lactam (4-membered cyclic amide) rings is 1. The van der Waals surface area contributed by atoms with Crippen molar-refractivity contribution in [2.24, 2.45) is 0 Å². The Morgan fingerprint density at radius 3 is 2.21 bits per heavy atom. The molecule has 1 N–H and O–H groups in total. The van der Waals surface area contributed by atoms with Gasteiger partial charge in [0, 0.05) is 4.75 Å². The summed E-state index contributed by atoms with van der Waals surface area (Å²) in [5, 5.41) is 24.6. The number of carbonyl (C=O) groups excluding carboxylic acids is 4. The van der Waals surface area contributed by atoms with E-state index >= 15 is 0 Å². The summed E-state index contributed by atoms with van der Waals surface area (Å²) in [7, 11) is 0. The van der Waals surface area contributed by atoms with Crippen LogP contribution in [0.5, 0.6) is 0 Å². The Morgan fingerprint density at radius 2 is 1.71 bits per heavy atom. The fourth-order valence-electron chi connectivity index (χ4n) is 3.40. The molecule has 8 nitrogen and oxygen atoms in total. The van der Waals surface area contributed by atoms with E-state index in [4.69, 9.17) is 0 Å². The van der Waals surface area contributed by atoms with E-state index in [1.54, 1.807) is 32.0 Å². The Bertz CT molecular complexity index is 791. The normalized spacial score (nSPS) is 25.3. The maximum atomic E-state index is 12.5. The molecular formula is C17H16N2Na2O6S. The molecule has 1 aromatic carbocycles. The van der Waals surface area contributed by atoms with Gasteiger partial charge >= 0.3 is 59.1 Å². The summed E-state index contributed by atoms with van der Waals surface area (Å²) < 4.78 is -0.786. The number of aliphatic carboxylic acids is 2. The fraction of sp³-hybridized carbons (Fsp3) is 0.412. The van der Waals surface area contributed by atoms with Gasteiger partial charge in [-0.15, -0.1) is 11.8 Å². The number of hydrogen-bond acceptors (Lipinski definition) is 7. The van der Waals surface area contributed by atoms with Crippen molar-refractivity contribution in [3.8, 4) is 0 Å². The summed E-state index contributed by atoms with van der Waals surface area (Å²) in [4.78, 5) is 48.8. The van der Waals surface area contributed by atoms with Gasteiger partial charge in [-0.25, -0.2) is 0 Å². The second kappa shape index (κ2) is 9.51. The summed E-state index contributed by atoms with van der Waals surface area (Å²) in [5.41, 5.74) is 0.237. The van der Waals surface area contributed by atoms with Crippen LogP contribution >= 0.6 is 11.8 Å².